The van der Waals surface area contributed by atoms with Crippen LogP contribution < -0.4 is 0 Å². The fraction of sp³-hybridized carbons (Fsp3) is 0.900. The van der Waals surface area contributed by atoms with Crippen LogP contribution in [0.25, 0.3) is 0 Å². The minimum atomic E-state index is -1.19. The average molecular weight is 521 g/mol. The van der Waals surface area contributed by atoms with Crippen LogP contribution in [0.5, 0.6) is 0 Å². The van der Waals surface area contributed by atoms with E-state index >= 15 is 0 Å². The lowest BCUT2D eigenvalue weighted by Gasteiger charge is -2.72. The fourth-order valence-corrected chi connectivity index (χ4v) is 10.9. The molecule has 7 heteroatoms. The topological polar surface area (TPSA) is 138 Å². The average Bonchev–Trinajstić information content (AvgIpc) is 2.80. The molecule has 0 heterocycles. The van der Waals surface area contributed by atoms with E-state index in [-0.39, 0.29) is 41.8 Å². The molecule has 0 aromatic heterocycles. The zero-order chi connectivity index (χ0) is 27.4. The number of aliphatic carboxylic acids is 1. The molecule has 0 unspecified atom stereocenters. The summed E-state index contributed by atoms with van der Waals surface area (Å²) < 4.78 is 0. The fourth-order valence-electron chi connectivity index (χ4n) is 10.9. The van der Waals surface area contributed by atoms with Crippen LogP contribution in [0.15, 0.2) is 11.6 Å². The molecule has 6 N–H and O–H groups in total. The second kappa shape index (κ2) is 8.26. The Morgan fingerprint density at radius 1 is 0.919 bits per heavy atom. The number of hydrogen-bond acceptors (Lipinski definition) is 6. The van der Waals surface area contributed by atoms with Gasteiger partial charge in [-0.15, -0.1) is 0 Å². The Morgan fingerprint density at radius 3 is 2.16 bits per heavy atom. The lowest BCUT2D eigenvalue weighted by Crippen LogP contribution is -2.70. The first-order chi connectivity index (χ1) is 17.1. The summed E-state index contributed by atoms with van der Waals surface area (Å²) in [6.45, 7) is 10.3. The van der Waals surface area contributed by atoms with Gasteiger partial charge in [-0.3, -0.25) is 4.79 Å². The minimum Gasteiger partial charge on any atom is -0.481 e. The first kappa shape index (κ1) is 27.6. The summed E-state index contributed by atoms with van der Waals surface area (Å²) in [5, 5.41) is 65.1. The molecule has 0 bridgehead atoms. The van der Waals surface area contributed by atoms with Crippen LogP contribution in [-0.4, -0.2) is 68.1 Å². The molecule has 4 fully saturated rings. The molecule has 37 heavy (non-hydrogen) atoms. The Bertz CT molecular complexity index is 986. The maximum atomic E-state index is 12.8. The van der Waals surface area contributed by atoms with Crippen LogP contribution in [0.3, 0.4) is 0 Å². The van der Waals surface area contributed by atoms with Crippen LogP contribution in [0.1, 0.15) is 86.0 Å². The van der Waals surface area contributed by atoms with E-state index in [1.54, 1.807) is 0 Å². The van der Waals surface area contributed by atoms with Gasteiger partial charge in [0, 0.05) is 5.41 Å². The van der Waals surface area contributed by atoms with E-state index in [0.29, 0.717) is 25.7 Å². The summed E-state index contributed by atoms with van der Waals surface area (Å²) in [5.74, 6) is -1.18. The van der Waals surface area contributed by atoms with E-state index in [0.717, 1.165) is 25.7 Å². The van der Waals surface area contributed by atoms with Gasteiger partial charge in [-0.05, 0) is 90.8 Å². The van der Waals surface area contributed by atoms with Gasteiger partial charge in [0.05, 0.1) is 31.5 Å². The van der Waals surface area contributed by atoms with Gasteiger partial charge in [-0.25, -0.2) is 0 Å². The van der Waals surface area contributed by atoms with Crippen molar-refractivity contribution in [3.05, 3.63) is 11.6 Å². The molecule has 210 valence electrons. The monoisotopic (exact) mass is 520 g/mol. The number of aliphatic hydroxyl groups excluding tert-OH is 5. The Morgan fingerprint density at radius 2 is 1.57 bits per heavy atom. The van der Waals surface area contributed by atoms with Gasteiger partial charge in [0.25, 0.3) is 0 Å². The predicted octanol–water partition coefficient (Wildman–Crippen LogP) is 3.12. The van der Waals surface area contributed by atoms with E-state index in [1.807, 2.05) is 0 Å². The lowest BCUT2D eigenvalue weighted by atomic mass is 9.33. The molecule has 0 amide bonds. The van der Waals surface area contributed by atoms with E-state index in [4.69, 9.17) is 0 Å². The summed E-state index contributed by atoms with van der Waals surface area (Å²) >= 11 is 0. The zero-order valence-corrected chi connectivity index (χ0v) is 23.2. The van der Waals surface area contributed by atoms with Crippen LogP contribution in [0.2, 0.25) is 0 Å². The van der Waals surface area contributed by atoms with Crippen LogP contribution in [0, 0.1) is 50.2 Å². The number of aliphatic hydroxyl groups is 5. The third-order valence-corrected chi connectivity index (χ3v) is 13.2. The van der Waals surface area contributed by atoms with Crippen molar-refractivity contribution >= 4 is 5.97 Å². The molecule has 0 saturated heterocycles. The third-order valence-electron chi connectivity index (χ3n) is 13.2. The van der Waals surface area contributed by atoms with Crippen LogP contribution in [-0.2, 0) is 4.79 Å². The predicted molar refractivity (Wildman–Crippen MR) is 138 cm³/mol. The maximum absolute atomic E-state index is 12.8. The van der Waals surface area contributed by atoms with Gasteiger partial charge >= 0.3 is 5.97 Å². The summed E-state index contributed by atoms with van der Waals surface area (Å²) in [4.78, 5) is 12.8. The largest absolute Gasteiger partial charge is 0.481 e. The van der Waals surface area contributed by atoms with Gasteiger partial charge in [-0.1, -0.05) is 46.3 Å². The van der Waals surface area contributed by atoms with Crippen molar-refractivity contribution in [3.63, 3.8) is 0 Å². The van der Waals surface area contributed by atoms with E-state index in [2.05, 4.69) is 40.7 Å². The summed E-state index contributed by atoms with van der Waals surface area (Å²) in [5.41, 5.74) is -2.26. The van der Waals surface area contributed by atoms with Crippen LogP contribution in [0.4, 0.5) is 0 Å². The first-order valence-electron chi connectivity index (χ1n) is 14.3. The van der Waals surface area contributed by atoms with Gasteiger partial charge < -0.3 is 30.6 Å². The summed E-state index contributed by atoms with van der Waals surface area (Å²) in [7, 11) is 0. The van der Waals surface area contributed by atoms with Crippen molar-refractivity contribution in [1.29, 1.82) is 0 Å². The number of rotatable bonds is 3. The molecule has 7 nitrogen and oxygen atoms in total. The molecule has 4 saturated carbocycles. The number of allylic oxidation sites excluding steroid dienone is 2. The van der Waals surface area contributed by atoms with E-state index in [1.165, 1.54) is 5.57 Å². The van der Waals surface area contributed by atoms with Gasteiger partial charge in [0.2, 0.25) is 0 Å². The van der Waals surface area contributed by atoms with Crippen molar-refractivity contribution in [3.8, 4) is 0 Å². The Hall–Kier alpha value is -0.990. The highest BCUT2D eigenvalue weighted by atomic mass is 16.4. The first-order valence-corrected chi connectivity index (χ1v) is 14.3. The molecule has 0 spiro atoms. The van der Waals surface area contributed by atoms with Gasteiger partial charge in [0.1, 0.15) is 5.41 Å². The van der Waals surface area contributed by atoms with Gasteiger partial charge in [0.15, 0.2) is 0 Å². The highest BCUT2D eigenvalue weighted by molar-refractivity contribution is 5.77. The molecule has 5 aliphatic carbocycles. The maximum Gasteiger partial charge on any atom is 0.312 e. The SMILES string of the molecule is CC1(C)CC[C@]2(C(=O)O)[C@H](O)C[C@]3(C)C(=CC[C@@H]4[C@]5(C)C[C@H](O)[C@H](O)C(CO)(CO)[C@@H]5CC[C@@]43C)[C@H]2C1. The van der Waals surface area contributed by atoms with E-state index < -0.39 is 45.9 Å². The number of fused-ring (bicyclic) bond motifs is 7. The van der Waals surface area contributed by atoms with Crippen molar-refractivity contribution < 1.29 is 35.4 Å². The Kier molecular flexibility index (Phi) is 6.16. The second-order valence-electron chi connectivity index (χ2n) is 15.0. The number of carboxylic acid groups (broad SMARTS) is 1. The van der Waals surface area contributed by atoms with Crippen molar-refractivity contribution in [2.75, 3.05) is 13.2 Å². The summed E-state index contributed by atoms with van der Waals surface area (Å²) in [6, 6.07) is 0. The molecule has 5 rings (SSSR count). The molecule has 0 aromatic carbocycles. The Balaban J connectivity index is 1.64. The van der Waals surface area contributed by atoms with E-state index in [9.17, 15) is 35.4 Å². The number of carboxylic acids is 1. The molecule has 10 atom stereocenters. The molecule has 0 aromatic rings. The lowest BCUT2D eigenvalue weighted by molar-refractivity contribution is -0.260. The molecule has 0 radical (unpaired) electrons. The highest BCUT2D eigenvalue weighted by Gasteiger charge is 2.72. The van der Waals surface area contributed by atoms with Crippen molar-refractivity contribution in [2.24, 2.45) is 50.2 Å². The molecule has 5 aliphatic rings. The van der Waals surface area contributed by atoms with Crippen molar-refractivity contribution in [1.82, 2.24) is 0 Å². The number of hydrogen-bond donors (Lipinski definition) is 6. The minimum absolute atomic E-state index is 0.00467. The Labute approximate surface area is 221 Å². The van der Waals surface area contributed by atoms with Crippen molar-refractivity contribution in [2.45, 2.75) is 104 Å². The smallest absolute Gasteiger partial charge is 0.312 e. The van der Waals surface area contributed by atoms with Crippen LogP contribution >= 0.6 is 0 Å². The summed E-state index contributed by atoms with van der Waals surface area (Å²) in [6.07, 6.45) is 4.08. The molecule has 0 aliphatic heterocycles. The third kappa shape index (κ3) is 3.21. The van der Waals surface area contributed by atoms with Gasteiger partial charge in [-0.2, -0.15) is 0 Å². The standard InChI is InChI=1S/C30H48O7/c1-25(2)10-11-30(24(36)37)18(12-25)17-6-7-20-26(3)13-19(33)23(35)29(15-31,16-32)21(26)8-9-27(20,4)28(17,5)14-22(30)34/h6,18-23,31-35H,7-16H2,1-5H3,(H,36,37)/t18-,19+,20-,21-,22-,23+,26+,27+,28-,30-/m1/s1. The second-order valence-corrected chi connectivity index (χ2v) is 15.0. The quantitative estimate of drug-likeness (QED) is 0.314. The zero-order valence-electron chi connectivity index (χ0n) is 23.2. The highest BCUT2D eigenvalue weighted by Crippen LogP contribution is 2.75. The molecular formula is C30H48O7. The molecular weight excluding hydrogens is 472 g/mol. The normalized spacial score (nSPS) is 52.1. The number of carbonyl (C=O) groups is 1.